The fraction of sp³-hybridized carbons (Fsp3) is 0.474. The minimum absolute atomic E-state index is 0.0614. The summed E-state index contributed by atoms with van der Waals surface area (Å²) in [6, 6.07) is 8.05. The molecule has 2 aliphatic carbocycles. The van der Waals surface area contributed by atoms with Crippen molar-refractivity contribution in [3.05, 3.63) is 42.9 Å². The van der Waals surface area contributed by atoms with Gasteiger partial charge in [0.15, 0.2) is 0 Å². The molecule has 2 aliphatic rings. The zero-order chi connectivity index (χ0) is 15.8. The van der Waals surface area contributed by atoms with Crippen molar-refractivity contribution in [3.63, 3.8) is 0 Å². The fourth-order valence-electron chi connectivity index (χ4n) is 4.35. The first-order valence-corrected chi connectivity index (χ1v) is 8.44. The summed E-state index contributed by atoms with van der Waals surface area (Å²) in [5, 5.41) is 13.2. The first-order valence-electron chi connectivity index (χ1n) is 8.44. The van der Waals surface area contributed by atoms with Crippen LogP contribution in [-0.4, -0.2) is 28.2 Å². The lowest BCUT2D eigenvalue weighted by molar-refractivity contribution is -0.113. The van der Waals surface area contributed by atoms with Crippen LogP contribution in [0.1, 0.15) is 32.1 Å². The predicted molar refractivity (Wildman–Crippen MR) is 91.0 cm³/mol. The highest BCUT2D eigenvalue weighted by molar-refractivity contribution is 5.62. The Morgan fingerprint density at radius 3 is 2.39 bits per heavy atom. The largest absolute Gasteiger partial charge is 0.396 e. The molecule has 0 saturated heterocycles. The predicted octanol–water partition coefficient (Wildman–Crippen LogP) is 3.50. The van der Waals surface area contributed by atoms with Crippen LogP contribution in [0.25, 0.3) is 11.1 Å². The highest BCUT2D eigenvalue weighted by Crippen LogP contribution is 2.64. The molecule has 2 aromatic rings. The first kappa shape index (κ1) is 14.6. The number of rotatable bonds is 5. The van der Waals surface area contributed by atoms with Crippen molar-refractivity contribution < 1.29 is 5.11 Å². The average Bonchev–Trinajstić information content (AvgIpc) is 2.54. The highest BCUT2D eigenvalue weighted by Gasteiger charge is 2.56. The van der Waals surface area contributed by atoms with Gasteiger partial charge in [0.05, 0.1) is 6.61 Å². The van der Waals surface area contributed by atoms with Crippen LogP contribution < -0.4 is 5.32 Å². The number of hydrogen-bond donors (Lipinski definition) is 2. The molecule has 4 heteroatoms. The molecule has 4 rings (SSSR count). The summed E-state index contributed by atoms with van der Waals surface area (Å²) in [5.74, 6) is 0.880. The summed E-state index contributed by atoms with van der Waals surface area (Å²) in [4.78, 5) is 8.55. The number of aromatic nitrogens is 2. The van der Waals surface area contributed by atoms with Crippen molar-refractivity contribution in [2.75, 3.05) is 18.5 Å². The van der Waals surface area contributed by atoms with Crippen LogP contribution in [0.2, 0.25) is 0 Å². The van der Waals surface area contributed by atoms with Gasteiger partial charge in [-0.05, 0) is 60.9 Å². The number of aliphatic hydroxyl groups excluding tert-OH is 1. The normalized spacial score (nSPS) is 20.6. The van der Waals surface area contributed by atoms with Crippen LogP contribution in [0, 0.1) is 10.8 Å². The maximum absolute atomic E-state index is 9.79. The Morgan fingerprint density at radius 1 is 1.04 bits per heavy atom. The number of aliphatic hydroxyl groups is 1. The Balaban J connectivity index is 1.38. The maximum Gasteiger partial charge on any atom is 0.125 e. The van der Waals surface area contributed by atoms with E-state index < -0.39 is 0 Å². The molecule has 0 aromatic carbocycles. The number of nitrogens with one attached hydrogen (secondary N) is 1. The van der Waals surface area contributed by atoms with Gasteiger partial charge in [-0.1, -0.05) is 6.42 Å². The van der Waals surface area contributed by atoms with E-state index >= 15 is 0 Å². The zero-order valence-corrected chi connectivity index (χ0v) is 13.3. The third kappa shape index (κ3) is 2.72. The van der Waals surface area contributed by atoms with Crippen LogP contribution in [0.3, 0.4) is 0 Å². The summed E-state index contributed by atoms with van der Waals surface area (Å²) in [5.41, 5.74) is 2.85. The van der Waals surface area contributed by atoms with Crippen molar-refractivity contribution in [1.82, 2.24) is 9.97 Å². The minimum Gasteiger partial charge on any atom is -0.396 e. The monoisotopic (exact) mass is 309 g/mol. The summed E-state index contributed by atoms with van der Waals surface area (Å²) in [6.45, 7) is 1.09. The van der Waals surface area contributed by atoms with Crippen LogP contribution in [0.5, 0.6) is 0 Å². The van der Waals surface area contributed by atoms with E-state index in [1.807, 2.05) is 24.4 Å². The fourth-order valence-corrected chi connectivity index (χ4v) is 4.35. The van der Waals surface area contributed by atoms with Crippen molar-refractivity contribution in [2.24, 2.45) is 10.8 Å². The lowest BCUT2D eigenvalue weighted by Gasteiger charge is -2.60. The maximum atomic E-state index is 9.79. The second-order valence-corrected chi connectivity index (χ2v) is 7.39. The molecule has 1 spiro atoms. The van der Waals surface area contributed by atoms with E-state index in [4.69, 9.17) is 0 Å². The van der Waals surface area contributed by atoms with Gasteiger partial charge < -0.3 is 10.4 Å². The molecule has 2 aromatic heterocycles. The average molecular weight is 309 g/mol. The lowest BCUT2D eigenvalue weighted by atomic mass is 9.45. The van der Waals surface area contributed by atoms with E-state index in [1.165, 1.54) is 32.1 Å². The van der Waals surface area contributed by atoms with E-state index in [0.717, 1.165) is 23.5 Å². The van der Waals surface area contributed by atoms with Gasteiger partial charge in [0.2, 0.25) is 0 Å². The third-order valence-corrected chi connectivity index (χ3v) is 5.67. The van der Waals surface area contributed by atoms with Gasteiger partial charge >= 0.3 is 0 Å². The van der Waals surface area contributed by atoms with E-state index in [9.17, 15) is 5.11 Å². The molecule has 23 heavy (non-hydrogen) atoms. The smallest absolute Gasteiger partial charge is 0.125 e. The number of hydrogen-bond acceptors (Lipinski definition) is 4. The van der Waals surface area contributed by atoms with E-state index in [0.29, 0.717) is 5.41 Å². The Hall–Kier alpha value is -1.94. The van der Waals surface area contributed by atoms with Crippen molar-refractivity contribution >= 4 is 5.82 Å². The van der Waals surface area contributed by atoms with E-state index in [-0.39, 0.29) is 12.0 Å². The Labute approximate surface area is 137 Å². The molecule has 0 radical (unpaired) electrons. The molecule has 2 fully saturated rings. The molecule has 0 aliphatic heterocycles. The second kappa shape index (κ2) is 5.60. The van der Waals surface area contributed by atoms with Crippen LogP contribution in [0.4, 0.5) is 5.82 Å². The second-order valence-electron chi connectivity index (χ2n) is 7.39. The topological polar surface area (TPSA) is 58.0 Å². The summed E-state index contributed by atoms with van der Waals surface area (Å²) < 4.78 is 0. The van der Waals surface area contributed by atoms with Gasteiger partial charge in [-0.15, -0.1) is 0 Å². The molecule has 2 saturated carbocycles. The van der Waals surface area contributed by atoms with Crippen molar-refractivity contribution in [3.8, 4) is 11.1 Å². The lowest BCUT2D eigenvalue weighted by Crippen LogP contribution is -2.55. The Morgan fingerprint density at radius 2 is 1.83 bits per heavy atom. The minimum atomic E-state index is 0.0614. The van der Waals surface area contributed by atoms with E-state index in [2.05, 4.69) is 21.4 Å². The van der Waals surface area contributed by atoms with Gasteiger partial charge in [0.25, 0.3) is 0 Å². The molecule has 0 amide bonds. The summed E-state index contributed by atoms with van der Waals surface area (Å²) in [7, 11) is 0. The summed E-state index contributed by atoms with van der Waals surface area (Å²) in [6.07, 6.45) is 11.9. The molecule has 0 unspecified atom stereocenters. The standard InChI is InChI=1S/C19H23N3O/c23-14-19(11-18(12-19)6-1-7-18)13-22-17-3-2-16(10-21-17)15-4-8-20-9-5-15/h2-5,8-10,23H,1,6-7,11-14H2,(H,21,22). The SMILES string of the molecule is OCC1(CNc2ccc(-c3ccncc3)cn2)CC2(CCC2)C1. The van der Waals surface area contributed by atoms with Crippen LogP contribution in [-0.2, 0) is 0 Å². The van der Waals surface area contributed by atoms with Gasteiger partial charge in [-0.2, -0.15) is 0 Å². The van der Waals surface area contributed by atoms with E-state index in [1.54, 1.807) is 12.4 Å². The number of pyridine rings is 2. The molecule has 0 bridgehead atoms. The Bertz CT molecular complexity index is 657. The Kier molecular flexibility index (Phi) is 3.57. The molecule has 0 atom stereocenters. The van der Waals surface area contributed by atoms with Crippen LogP contribution in [0.15, 0.2) is 42.9 Å². The molecule has 120 valence electrons. The van der Waals surface area contributed by atoms with Gasteiger partial charge in [-0.25, -0.2) is 4.98 Å². The molecule has 4 nitrogen and oxygen atoms in total. The quantitative estimate of drug-likeness (QED) is 0.887. The third-order valence-electron chi connectivity index (χ3n) is 5.67. The first-order chi connectivity index (χ1) is 11.2. The van der Waals surface area contributed by atoms with Gasteiger partial charge in [0.1, 0.15) is 5.82 Å². The molecule has 2 N–H and O–H groups in total. The highest BCUT2D eigenvalue weighted by atomic mass is 16.3. The molecular formula is C19H23N3O. The van der Waals surface area contributed by atoms with Gasteiger partial charge in [0, 0.05) is 36.1 Å². The van der Waals surface area contributed by atoms with Crippen LogP contribution >= 0.6 is 0 Å². The molecular weight excluding hydrogens is 286 g/mol. The van der Waals surface area contributed by atoms with Crippen molar-refractivity contribution in [2.45, 2.75) is 32.1 Å². The van der Waals surface area contributed by atoms with Crippen molar-refractivity contribution in [1.29, 1.82) is 0 Å². The zero-order valence-electron chi connectivity index (χ0n) is 13.3. The molecule has 2 heterocycles. The summed E-state index contributed by atoms with van der Waals surface area (Å²) >= 11 is 0. The van der Waals surface area contributed by atoms with Gasteiger partial charge in [-0.3, -0.25) is 4.98 Å². The number of nitrogens with zero attached hydrogens (tertiary/aromatic N) is 2. The number of anilines is 1.